The zero-order chi connectivity index (χ0) is 12.8. The third-order valence-electron chi connectivity index (χ3n) is 2.92. The molecule has 0 bridgehead atoms. The van der Waals surface area contributed by atoms with E-state index in [1.165, 1.54) is 6.07 Å². The summed E-state index contributed by atoms with van der Waals surface area (Å²) in [5, 5.41) is 13.0. The molecule has 1 unspecified atom stereocenters. The molecule has 0 amide bonds. The van der Waals surface area contributed by atoms with Crippen molar-refractivity contribution in [2.24, 2.45) is 0 Å². The molecule has 2 rings (SSSR count). The fourth-order valence-electron chi connectivity index (χ4n) is 1.89. The molecule has 1 aromatic rings. The minimum Gasteiger partial charge on any atom is -0.488 e. The zero-order valence-electron chi connectivity index (χ0n) is 10.2. The molecule has 4 heteroatoms. The Hall–Kier alpha value is -1.39. The van der Waals surface area contributed by atoms with Crippen LogP contribution in [0, 0.1) is 5.82 Å². The molecule has 1 aliphatic rings. The number of ether oxygens (including phenoxy) is 1. The van der Waals surface area contributed by atoms with Crippen LogP contribution in [0.15, 0.2) is 36.4 Å². The van der Waals surface area contributed by atoms with E-state index in [0.29, 0.717) is 12.6 Å². The standard InChI is InChI=1S/C14H18FNO2/c15-13-7-3-4-8-14(13)18-10-12(17)9-16-11-5-1-2-6-11/h1-4,7-8,11-12,16-17H,5-6,9-10H2. The second-order valence-corrected chi connectivity index (χ2v) is 4.44. The van der Waals surface area contributed by atoms with Crippen LogP contribution in [0.2, 0.25) is 0 Å². The second-order valence-electron chi connectivity index (χ2n) is 4.44. The molecule has 3 nitrogen and oxygen atoms in total. The Kier molecular flexibility index (Phi) is 4.73. The van der Waals surface area contributed by atoms with Crippen molar-refractivity contribution in [3.05, 3.63) is 42.2 Å². The summed E-state index contributed by atoms with van der Waals surface area (Å²) in [7, 11) is 0. The summed E-state index contributed by atoms with van der Waals surface area (Å²) in [6, 6.07) is 6.61. The Morgan fingerprint density at radius 2 is 2.06 bits per heavy atom. The van der Waals surface area contributed by atoms with Crippen LogP contribution in [-0.2, 0) is 0 Å². The molecule has 18 heavy (non-hydrogen) atoms. The minimum absolute atomic E-state index is 0.0914. The van der Waals surface area contributed by atoms with E-state index in [4.69, 9.17) is 4.74 Å². The van der Waals surface area contributed by atoms with Crippen LogP contribution in [0.25, 0.3) is 0 Å². The molecule has 0 spiro atoms. The number of aliphatic hydroxyl groups is 1. The first kappa shape index (κ1) is 13.1. The van der Waals surface area contributed by atoms with Crippen LogP contribution >= 0.6 is 0 Å². The van der Waals surface area contributed by atoms with E-state index in [1.54, 1.807) is 18.2 Å². The molecule has 0 aliphatic heterocycles. The number of rotatable bonds is 6. The Balaban J connectivity index is 1.68. The largest absolute Gasteiger partial charge is 0.488 e. The lowest BCUT2D eigenvalue weighted by atomic mass is 10.2. The highest BCUT2D eigenvalue weighted by Crippen LogP contribution is 2.15. The van der Waals surface area contributed by atoms with Gasteiger partial charge in [0.1, 0.15) is 12.7 Å². The Morgan fingerprint density at radius 1 is 1.33 bits per heavy atom. The van der Waals surface area contributed by atoms with Crippen molar-refractivity contribution in [2.75, 3.05) is 13.2 Å². The van der Waals surface area contributed by atoms with Crippen molar-refractivity contribution < 1.29 is 14.2 Å². The van der Waals surface area contributed by atoms with Gasteiger partial charge in [0.25, 0.3) is 0 Å². The van der Waals surface area contributed by atoms with E-state index in [0.717, 1.165) is 12.8 Å². The van der Waals surface area contributed by atoms with Crippen molar-refractivity contribution in [3.63, 3.8) is 0 Å². The van der Waals surface area contributed by atoms with E-state index in [9.17, 15) is 9.50 Å². The first-order valence-electron chi connectivity index (χ1n) is 6.19. The average Bonchev–Trinajstić information content (AvgIpc) is 2.88. The molecule has 0 saturated heterocycles. The van der Waals surface area contributed by atoms with Crippen LogP contribution in [0.3, 0.4) is 0 Å². The number of nitrogens with one attached hydrogen (secondary N) is 1. The maximum atomic E-state index is 13.2. The first-order valence-corrected chi connectivity index (χ1v) is 6.19. The van der Waals surface area contributed by atoms with Crippen molar-refractivity contribution in [3.8, 4) is 5.75 Å². The molecule has 1 aliphatic carbocycles. The Labute approximate surface area is 106 Å². The van der Waals surface area contributed by atoms with Crippen molar-refractivity contribution in [1.29, 1.82) is 0 Å². The predicted molar refractivity (Wildman–Crippen MR) is 68.1 cm³/mol. The normalized spacial score (nSPS) is 17.0. The molecule has 2 N–H and O–H groups in total. The van der Waals surface area contributed by atoms with Crippen LogP contribution in [-0.4, -0.2) is 30.4 Å². The van der Waals surface area contributed by atoms with Gasteiger partial charge in [-0.25, -0.2) is 4.39 Å². The van der Waals surface area contributed by atoms with Gasteiger partial charge in [0, 0.05) is 12.6 Å². The van der Waals surface area contributed by atoms with Crippen molar-refractivity contribution in [1.82, 2.24) is 5.32 Å². The third-order valence-corrected chi connectivity index (χ3v) is 2.92. The monoisotopic (exact) mass is 251 g/mol. The average molecular weight is 251 g/mol. The van der Waals surface area contributed by atoms with Gasteiger partial charge in [-0.1, -0.05) is 24.3 Å². The highest BCUT2D eigenvalue weighted by atomic mass is 19.1. The van der Waals surface area contributed by atoms with Gasteiger partial charge in [-0.2, -0.15) is 0 Å². The molecular weight excluding hydrogens is 233 g/mol. The number of benzene rings is 1. The lowest BCUT2D eigenvalue weighted by Crippen LogP contribution is -2.36. The number of para-hydroxylation sites is 1. The van der Waals surface area contributed by atoms with Crippen molar-refractivity contribution in [2.45, 2.75) is 25.0 Å². The highest BCUT2D eigenvalue weighted by Gasteiger charge is 2.12. The summed E-state index contributed by atoms with van der Waals surface area (Å²) < 4.78 is 18.5. The van der Waals surface area contributed by atoms with Gasteiger partial charge < -0.3 is 15.2 Å². The van der Waals surface area contributed by atoms with Gasteiger partial charge in [-0.15, -0.1) is 0 Å². The molecule has 0 heterocycles. The minimum atomic E-state index is -0.634. The summed E-state index contributed by atoms with van der Waals surface area (Å²) in [4.78, 5) is 0. The summed E-state index contributed by atoms with van der Waals surface area (Å²) in [5.41, 5.74) is 0. The van der Waals surface area contributed by atoms with Gasteiger partial charge in [0.2, 0.25) is 0 Å². The van der Waals surface area contributed by atoms with Crippen LogP contribution < -0.4 is 10.1 Å². The molecule has 1 aromatic carbocycles. The fraction of sp³-hybridized carbons (Fsp3) is 0.429. The third kappa shape index (κ3) is 3.82. The summed E-state index contributed by atoms with van der Waals surface area (Å²) in [6.07, 6.45) is 5.62. The Bertz CT molecular complexity index is 401. The fourth-order valence-corrected chi connectivity index (χ4v) is 1.89. The molecule has 0 fully saturated rings. The number of hydrogen-bond donors (Lipinski definition) is 2. The van der Waals surface area contributed by atoms with Crippen LogP contribution in [0.4, 0.5) is 4.39 Å². The van der Waals surface area contributed by atoms with Gasteiger partial charge in [0.05, 0.1) is 0 Å². The summed E-state index contributed by atoms with van der Waals surface area (Å²) in [5.74, 6) is -0.225. The van der Waals surface area contributed by atoms with E-state index in [2.05, 4.69) is 17.5 Å². The van der Waals surface area contributed by atoms with E-state index >= 15 is 0 Å². The van der Waals surface area contributed by atoms with Gasteiger partial charge in [-0.3, -0.25) is 0 Å². The van der Waals surface area contributed by atoms with Crippen molar-refractivity contribution >= 4 is 0 Å². The Morgan fingerprint density at radius 3 is 2.78 bits per heavy atom. The lowest BCUT2D eigenvalue weighted by Gasteiger charge is -2.16. The second kappa shape index (κ2) is 6.52. The molecule has 0 radical (unpaired) electrons. The SMILES string of the molecule is OC(CNC1CC=CC1)COc1ccccc1F. The number of halogens is 1. The predicted octanol–water partition coefficient (Wildman–Crippen LogP) is 1.87. The highest BCUT2D eigenvalue weighted by molar-refractivity contribution is 5.23. The lowest BCUT2D eigenvalue weighted by molar-refractivity contribution is 0.102. The zero-order valence-corrected chi connectivity index (χ0v) is 10.2. The first-order chi connectivity index (χ1) is 8.75. The van der Waals surface area contributed by atoms with Gasteiger partial charge >= 0.3 is 0 Å². The molecule has 0 aromatic heterocycles. The number of hydrogen-bond acceptors (Lipinski definition) is 3. The van der Waals surface area contributed by atoms with E-state index in [-0.39, 0.29) is 12.4 Å². The quantitative estimate of drug-likeness (QED) is 0.758. The molecular formula is C14H18FNO2. The van der Waals surface area contributed by atoms with Crippen LogP contribution in [0.1, 0.15) is 12.8 Å². The van der Waals surface area contributed by atoms with E-state index in [1.807, 2.05) is 0 Å². The number of aliphatic hydroxyl groups excluding tert-OH is 1. The maximum absolute atomic E-state index is 13.2. The smallest absolute Gasteiger partial charge is 0.165 e. The van der Waals surface area contributed by atoms with E-state index < -0.39 is 11.9 Å². The summed E-state index contributed by atoms with van der Waals surface area (Å²) >= 11 is 0. The topological polar surface area (TPSA) is 41.5 Å². The molecule has 0 saturated carbocycles. The summed E-state index contributed by atoms with van der Waals surface area (Å²) in [6.45, 7) is 0.550. The van der Waals surface area contributed by atoms with Crippen LogP contribution in [0.5, 0.6) is 5.75 Å². The maximum Gasteiger partial charge on any atom is 0.165 e. The van der Waals surface area contributed by atoms with Gasteiger partial charge in [-0.05, 0) is 25.0 Å². The van der Waals surface area contributed by atoms with Gasteiger partial charge in [0.15, 0.2) is 11.6 Å². The molecule has 98 valence electrons. The molecule has 1 atom stereocenters.